The van der Waals surface area contributed by atoms with Gasteiger partial charge in [0.05, 0.1) is 0 Å². The van der Waals surface area contributed by atoms with Crippen LogP contribution in [0.5, 0.6) is 0 Å². The van der Waals surface area contributed by atoms with Crippen LogP contribution in [0.2, 0.25) is 0 Å². The quantitative estimate of drug-likeness (QED) is 0.370. The predicted molar refractivity (Wildman–Crippen MR) is 113 cm³/mol. The van der Waals surface area contributed by atoms with E-state index in [2.05, 4.69) is 4.98 Å². The smallest absolute Gasteiger partial charge is 0.265 e. The summed E-state index contributed by atoms with van der Waals surface area (Å²) in [5, 5.41) is 0.234. The van der Waals surface area contributed by atoms with Crippen LogP contribution in [-0.2, 0) is 9.59 Å². The van der Waals surface area contributed by atoms with Gasteiger partial charge in [0.1, 0.15) is 5.57 Å². The number of thiophene rings is 1. The number of fused-ring (bicyclic) bond motifs is 1. The lowest BCUT2D eigenvalue weighted by Crippen LogP contribution is -2.55. The number of benzene rings is 1. The Morgan fingerprint density at radius 3 is 2.32 bits per heavy atom. The monoisotopic (exact) mass is 411 g/mol. The predicted octanol–water partition coefficient (Wildman–Crippen LogP) is 3.94. The number of carbonyl (C=O) groups excluding carboxylic acids is 2. The number of amides is 2. The summed E-state index contributed by atoms with van der Waals surface area (Å²) >= 11 is 6.76. The van der Waals surface area contributed by atoms with Gasteiger partial charge in [0.25, 0.3) is 11.8 Å². The van der Waals surface area contributed by atoms with Crippen LogP contribution >= 0.6 is 23.6 Å². The fraction of sp³-hybridized carbons (Fsp3) is 0.200. The molecule has 1 aromatic carbocycles. The van der Waals surface area contributed by atoms with Gasteiger partial charge in [0.2, 0.25) is 5.89 Å². The third-order valence-electron chi connectivity index (χ3n) is 4.48. The summed E-state index contributed by atoms with van der Waals surface area (Å²) in [5.41, 5.74) is 1.72. The van der Waals surface area contributed by atoms with E-state index in [0.717, 1.165) is 15.3 Å². The van der Waals surface area contributed by atoms with Gasteiger partial charge in [0, 0.05) is 30.1 Å². The van der Waals surface area contributed by atoms with E-state index in [1.165, 1.54) is 27.2 Å². The Bertz CT molecular complexity index is 1050. The molecule has 0 aliphatic carbocycles. The molecule has 8 heteroatoms. The summed E-state index contributed by atoms with van der Waals surface area (Å²) in [4.78, 5) is 34.4. The van der Waals surface area contributed by atoms with Crippen LogP contribution in [0.3, 0.4) is 0 Å². The van der Waals surface area contributed by atoms with Crippen molar-refractivity contribution in [3.05, 3.63) is 47.9 Å². The van der Waals surface area contributed by atoms with E-state index in [9.17, 15) is 9.59 Å². The van der Waals surface area contributed by atoms with Gasteiger partial charge in [-0.2, -0.15) is 4.98 Å². The molecule has 0 saturated carbocycles. The zero-order valence-electron chi connectivity index (χ0n) is 15.3. The van der Waals surface area contributed by atoms with Crippen molar-refractivity contribution < 1.29 is 14.0 Å². The van der Waals surface area contributed by atoms with Crippen LogP contribution in [0.4, 0.5) is 0 Å². The molecule has 3 heterocycles. The Morgan fingerprint density at radius 1 is 1.11 bits per heavy atom. The second kappa shape index (κ2) is 7.29. The number of aromatic nitrogens is 1. The van der Waals surface area contributed by atoms with Crippen LogP contribution in [-0.4, -0.2) is 44.8 Å². The van der Waals surface area contributed by atoms with E-state index in [0.29, 0.717) is 18.7 Å². The van der Waals surface area contributed by atoms with E-state index in [4.69, 9.17) is 16.6 Å². The van der Waals surface area contributed by atoms with Gasteiger partial charge in [-0.25, -0.2) is 0 Å². The fourth-order valence-corrected chi connectivity index (χ4v) is 4.45. The lowest BCUT2D eigenvalue weighted by molar-refractivity contribution is -0.133. The third-order valence-corrected chi connectivity index (χ3v) is 5.98. The Kier molecular flexibility index (Phi) is 4.82. The number of rotatable bonds is 4. The van der Waals surface area contributed by atoms with Crippen molar-refractivity contribution in [2.24, 2.45) is 0 Å². The molecular weight excluding hydrogens is 394 g/mol. The molecule has 0 unspecified atom stereocenters. The number of oxazole rings is 1. The summed E-state index contributed by atoms with van der Waals surface area (Å²) in [6, 6.07) is 11.9. The zero-order chi connectivity index (χ0) is 19.8. The number of hydrogen-bond donors (Lipinski definition) is 0. The highest BCUT2D eigenvalue weighted by Crippen LogP contribution is 2.34. The van der Waals surface area contributed by atoms with Gasteiger partial charge in [-0.05, 0) is 31.6 Å². The molecule has 1 saturated heterocycles. The summed E-state index contributed by atoms with van der Waals surface area (Å²) in [5.74, 6) is -0.611. The van der Waals surface area contributed by atoms with Gasteiger partial charge < -0.3 is 4.42 Å². The highest BCUT2D eigenvalue weighted by Gasteiger charge is 2.38. The lowest BCUT2D eigenvalue weighted by Gasteiger charge is -2.35. The maximum absolute atomic E-state index is 12.7. The van der Waals surface area contributed by atoms with Gasteiger partial charge in [-0.3, -0.25) is 19.4 Å². The summed E-state index contributed by atoms with van der Waals surface area (Å²) < 4.78 is 5.78. The highest BCUT2D eigenvalue weighted by atomic mass is 32.1. The number of likely N-dealkylation sites (N-methyl/N-ethyl adjacent to an activating group) is 2. The third kappa shape index (κ3) is 3.04. The number of carbonyl (C=O) groups is 2. The second-order valence-corrected chi connectivity index (χ2v) is 7.53. The van der Waals surface area contributed by atoms with Crippen molar-refractivity contribution in [2.45, 2.75) is 13.8 Å². The SMILES string of the molecule is CCN1C(=O)C(=Cc2nc3sc(-c4ccccc4)cc3o2)C(=O)N(CC)C1=S. The second-order valence-electron chi connectivity index (χ2n) is 6.14. The molecule has 3 aromatic rings. The van der Waals surface area contributed by atoms with Crippen LogP contribution in [0.25, 0.3) is 26.9 Å². The fourth-order valence-electron chi connectivity index (χ4n) is 3.06. The maximum Gasteiger partial charge on any atom is 0.265 e. The Morgan fingerprint density at radius 2 is 1.75 bits per heavy atom. The van der Waals surface area contributed by atoms with Gasteiger partial charge >= 0.3 is 0 Å². The molecule has 1 aliphatic heterocycles. The Balaban J connectivity index is 1.70. The largest absolute Gasteiger partial charge is 0.436 e. The molecule has 2 aromatic heterocycles. The van der Waals surface area contributed by atoms with Crippen molar-refractivity contribution in [1.82, 2.24) is 14.8 Å². The Hall–Kier alpha value is -2.84. The normalized spacial score (nSPS) is 15.1. The molecule has 142 valence electrons. The highest BCUT2D eigenvalue weighted by molar-refractivity contribution is 7.80. The molecule has 1 fully saturated rings. The minimum atomic E-state index is -0.422. The van der Waals surface area contributed by atoms with Crippen molar-refractivity contribution in [2.75, 3.05) is 13.1 Å². The van der Waals surface area contributed by atoms with E-state index in [-0.39, 0.29) is 16.6 Å². The van der Waals surface area contributed by atoms with Gasteiger partial charge in [-0.15, -0.1) is 11.3 Å². The molecule has 4 rings (SSSR count). The summed E-state index contributed by atoms with van der Waals surface area (Å²) in [6.45, 7) is 4.41. The number of hydrogen-bond acceptors (Lipinski definition) is 6. The van der Waals surface area contributed by atoms with Crippen molar-refractivity contribution >= 4 is 57.0 Å². The first-order chi connectivity index (χ1) is 13.5. The molecule has 6 nitrogen and oxygen atoms in total. The first-order valence-electron chi connectivity index (χ1n) is 8.88. The van der Waals surface area contributed by atoms with Gasteiger partial charge in [0.15, 0.2) is 15.5 Å². The van der Waals surface area contributed by atoms with Crippen LogP contribution in [0.15, 0.2) is 46.4 Å². The molecule has 0 N–H and O–H groups in total. The van der Waals surface area contributed by atoms with Gasteiger partial charge in [-0.1, -0.05) is 30.3 Å². The Labute approximate surface area is 171 Å². The molecule has 0 atom stereocenters. The zero-order valence-corrected chi connectivity index (χ0v) is 17.0. The van der Waals surface area contributed by atoms with Crippen LogP contribution < -0.4 is 0 Å². The average Bonchev–Trinajstić information content (AvgIpc) is 3.25. The standard InChI is InChI=1S/C20H17N3O3S2/c1-3-22-18(24)13(19(25)23(4-2)20(22)27)10-16-21-17-14(26-16)11-15(28-17)12-8-6-5-7-9-12/h5-11H,3-4H2,1-2H3. The first kappa shape index (κ1) is 18.5. The van der Waals surface area contributed by atoms with Crippen molar-refractivity contribution in [1.29, 1.82) is 0 Å². The summed E-state index contributed by atoms with van der Waals surface area (Å²) in [7, 11) is 0. The first-order valence-corrected chi connectivity index (χ1v) is 10.1. The molecule has 0 radical (unpaired) electrons. The average molecular weight is 412 g/mol. The maximum atomic E-state index is 12.7. The van der Waals surface area contributed by atoms with E-state index in [1.807, 2.05) is 50.2 Å². The van der Waals surface area contributed by atoms with Crippen LogP contribution in [0, 0.1) is 0 Å². The minimum Gasteiger partial charge on any atom is -0.436 e. The molecule has 2 amide bonds. The molecule has 0 bridgehead atoms. The molecule has 28 heavy (non-hydrogen) atoms. The van der Waals surface area contributed by atoms with Crippen molar-refractivity contribution in [3.8, 4) is 10.4 Å². The van der Waals surface area contributed by atoms with E-state index in [1.54, 1.807) is 0 Å². The molecule has 1 aliphatic rings. The van der Waals surface area contributed by atoms with E-state index >= 15 is 0 Å². The minimum absolute atomic E-state index is 0.00878. The van der Waals surface area contributed by atoms with Crippen molar-refractivity contribution in [3.63, 3.8) is 0 Å². The summed E-state index contributed by atoms with van der Waals surface area (Å²) in [6.07, 6.45) is 1.41. The topological polar surface area (TPSA) is 66.7 Å². The number of nitrogens with zero attached hydrogens (tertiary/aromatic N) is 3. The molecule has 0 spiro atoms. The lowest BCUT2D eigenvalue weighted by atomic mass is 10.1. The van der Waals surface area contributed by atoms with E-state index < -0.39 is 11.8 Å². The number of thiocarbonyl (C=S) groups is 1. The van der Waals surface area contributed by atoms with Crippen LogP contribution in [0.1, 0.15) is 19.7 Å². The molecular formula is C20H17N3O3S2.